The highest BCUT2D eigenvalue weighted by Gasteiger charge is 2.44. The number of carbonyl (C=O) groups excluding carboxylic acids is 3. The lowest BCUT2D eigenvalue weighted by Crippen LogP contribution is -2.39. The Labute approximate surface area is 419 Å². The van der Waals surface area contributed by atoms with E-state index in [-0.39, 0.29) is 57.3 Å². The first-order valence-electron chi connectivity index (χ1n) is 23.7. The second-order valence-corrected chi connectivity index (χ2v) is 18.1. The SMILES string of the molecule is CCOC(=O)C(CCC(F)F)(CCC(F)F)c1ccc2nc(N)nc(C(=O)N3Cc4ccccc4C3)c2c1.Nc1nc(C(=O)N2Cc3ccccc3C2)c2cc(C(CCC(F)F)(CCC(F)F)C(=O)O)ccc2n1. The Morgan fingerprint density at radius 3 is 1.22 bits per heavy atom. The Kier molecular flexibility index (Phi) is 17.0. The molecule has 0 saturated heterocycles. The number of fused-ring (bicyclic) bond motifs is 4. The van der Waals surface area contributed by atoms with E-state index in [1.54, 1.807) is 16.7 Å². The number of nitrogens with two attached hydrogens (primary N) is 2. The van der Waals surface area contributed by atoms with Crippen molar-refractivity contribution in [3.05, 3.63) is 130 Å². The standard InChI is InChI=1S/C27H28F4N4O3.C25H24F4N4O3/c1-2-38-25(37)27(11-9-21(28)29,12-10-22(30)31)18-7-8-20-19(13-18)23(34-26(32)33-20)24(36)35-14-16-5-3-4-6-17(16)15-35;26-19(27)7-9-25(23(35)36,10-8-20(28)29)16-5-6-18-17(11-16)21(32-24(30)31-18)22(34)33-12-14-3-1-2-4-15(14)13-33/h3-8,13,21-22H,2,9-12,14-15H2,1H3,(H2,32,33,34);1-6,11,19-20H,7-10,12-13H2,(H,35,36)(H2,30,31,32). The number of aromatic nitrogens is 4. The Balaban J connectivity index is 0.000000217. The number of alkyl halides is 8. The first-order chi connectivity index (χ1) is 35.2. The van der Waals surface area contributed by atoms with Gasteiger partial charge in [0, 0.05) is 62.6 Å². The lowest BCUT2D eigenvalue weighted by Gasteiger charge is -2.32. The molecule has 6 aromatic rings. The molecule has 14 nitrogen and oxygen atoms in total. The number of nitrogen functional groups attached to an aromatic ring is 2. The second kappa shape index (κ2) is 23.1. The number of ether oxygens (including phenoxy) is 1. The number of amides is 2. The van der Waals surface area contributed by atoms with Crippen LogP contribution in [0.15, 0.2) is 84.9 Å². The molecule has 4 aromatic carbocycles. The van der Waals surface area contributed by atoms with Crippen LogP contribution in [0.1, 0.15) is 113 Å². The average molecular weight is 1040 g/mol. The Morgan fingerprint density at radius 2 is 0.892 bits per heavy atom. The summed E-state index contributed by atoms with van der Waals surface area (Å²) in [5.74, 6) is -3.59. The predicted octanol–water partition coefficient (Wildman–Crippen LogP) is 10.0. The molecule has 2 aliphatic rings. The van der Waals surface area contributed by atoms with Crippen LogP contribution in [0.5, 0.6) is 0 Å². The molecule has 0 unspecified atom stereocenters. The Bertz CT molecular complexity index is 2960. The number of halogens is 8. The van der Waals surface area contributed by atoms with Gasteiger partial charge in [0.25, 0.3) is 11.8 Å². The van der Waals surface area contributed by atoms with Crippen LogP contribution < -0.4 is 11.5 Å². The molecule has 74 heavy (non-hydrogen) atoms. The van der Waals surface area contributed by atoms with Crippen LogP contribution in [0.3, 0.4) is 0 Å². The maximum Gasteiger partial charge on any atom is 0.316 e. The van der Waals surface area contributed by atoms with E-state index in [2.05, 4.69) is 19.9 Å². The first kappa shape index (κ1) is 54.3. The van der Waals surface area contributed by atoms with Crippen molar-refractivity contribution in [2.45, 2.75) is 121 Å². The molecule has 8 rings (SSSR count). The number of anilines is 2. The maximum absolute atomic E-state index is 13.6. The van der Waals surface area contributed by atoms with Gasteiger partial charge >= 0.3 is 11.9 Å². The second-order valence-electron chi connectivity index (χ2n) is 18.1. The van der Waals surface area contributed by atoms with Crippen molar-refractivity contribution in [1.29, 1.82) is 0 Å². The summed E-state index contributed by atoms with van der Waals surface area (Å²) in [6, 6.07) is 23.6. The summed E-state index contributed by atoms with van der Waals surface area (Å²) in [7, 11) is 0. The van der Waals surface area contributed by atoms with Crippen molar-refractivity contribution in [1.82, 2.24) is 29.7 Å². The summed E-state index contributed by atoms with van der Waals surface area (Å²) < 4.78 is 111. The molecule has 0 atom stereocenters. The number of carboxylic acid groups (broad SMARTS) is 1. The number of hydrogen-bond acceptors (Lipinski definition) is 11. The van der Waals surface area contributed by atoms with E-state index in [0.717, 1.165) is 22.3 Å². The van der Waals surface area contributed by atoms with Crippen LogP contribution in [-0.2, 0) is 51.3 Å². The molecule has 2 aromatic heterocycles. The summed E-state index contributed by atoms with van der Waals surface area (Å²) in [4.78, 5) is 72.4. The number of nitrogens with zero attached hydrogens (tertiary/aromatic N) is 6. The van der Waals surface area contributed by atoms with Gasteiger partial charge in [-0.25, -0.2) is 55.1 Å². The molecule has 392 valence electrons. The van der Waals surface area contributed by atoms with E-state index in [1.807, 2.05) is 48.5 Å². The molecule has 0 aliphatic carbocycles. The van der Waals surface area contributed by atoms with Gasteiger partial charge in [0.05, 0.1) is 28.5 Å². The molecule has 0 radical (unpaired) electrons. The molecule has 0 fully saturated rings. The number of hydrogen-bond donors (Lipinski definition) is 3. The monoisotopic (exact) mass is 1040 g/mol. The van der Waals surface area contributed by atoms with Crippen LogP contribution in [0.4, 0.5) is 47.0 Å². The number of carboxylic acids is 1. The highest BCUT2D eigenvalue weighted by molar-refractivity contribution is 6.06. The van der Waals surface area contributed by atoms with Gasteiger partial charge in [0.2, 0.25) is 37.6 Å². The number of carbonyl (C=O) groups is 4. The van der Waals surface area contributed by atoms with Crippen molar-refractivity contribution in [2.75, 3.05) is 18.1 Å². The van der Waals surface area contributed by atoms with Crippen LogP contribution in [-0.4, -0.2) is 90.9 Å². The maximum atomic E-state index is 13.6. The molecule has 0 bridgehead atoms. The zero-order valence-electron chi connectivity index (χ0n) is 39.9. The van der Waals surface area contributed by atoms with E-state index in [9.17, 15) is 59.4 Å². The van der Waals surface area contributed by atoms with Crippen LogP contribution >= 0.6 is 0 Å². The fourth-order valence-corrected chi connectivity index (χ4v) is 9.65. The van der Waals surface area contributed by atoms with Gasteiger partial charge in [0.1, 0.15) is 11.4 Å². The molecule has 0 saturated carbocycles. The highest BCUT2D eigenvalue weighted by Crippen LogP contribution is 2.41. The molecule has 0 spiro atoms. The molecule has 22 heteroatoms. The summed E-state index contributed by atoms with van der Waals surface area (Å²) >= 11 is 0. The van der Waals surface area contributed by atoms with Gasteiger partial charge in [-0.3, -0.25) is 19.2 Å². The lowest BCUT2D eigenvalue weighted by atomic mass is 9.72. The number of rotatable bonds is 19. The zero-order valence-corrected chi connectivity index (χ0v) is 39.9. The normalized spacial score (nSPS) is 13.5. The van der Waals surface area contributed by atoms with Crippen molar-refractivity contribution in [2.24, 2.45) is 0 Å². The summed E-state index contributed by atoms with van der Waals surface area (Å²) in [5.41, 5.74) is 12.5. The number of esters is 1. The van der Waals surface area contributed by atoms with Crippen molar-refractivity contribution in [3.8, 4) is 0 Å². The van der Waals surface area contributed by atoms with Gasteiger partial charge in [0.15, 0.2) is 0 Å². The number of benzene rings is 4. The van der Waals surface area contributed by atoms with Gasteiger partial charge in [-0.1, -0.05) is 60.7 Å². The Hall–Kier alpha value is -7.52. The van der Waals surface area contributed by atoms with Gasteiger partial charge < -0.3 is 31.1 Å². The van der Waals surface area contributed by atoms with Gasteiger partial charge in [-0.05, 0) is 90.3 Å². The van der Waals surface area contributed by atoms with Crippen LogP contribution in [0, 0.1) is 0 Å². The smallest absolute Gasteiger partial charge is 0.316 e. The molecule has 2 amide bonds. The molecule has 2 aliphatic heterocycles. The fraction of sp³-hybridized carbons (Fsp3) is 0.385. The summed E-state index contributed by atoms with van der Waals surface area (Å²) in [6.07, 6.45) is -16.1. The minimum Gasteiger partial charge on any atom is -0.481 e. The minimum atomic E-state index is -2.81. The van der Waals surface area contributed by atoms with E-state index in [4.69, 9.17) is 16.2 Å². The Morgan fingerprint density at radius 1 is 0.554 bits per heavy atom. The topological polar surface area (TPSA) is 208 Å². The largest absolute Gasteiger partial charge is 0.481 e. The lowest BCUT2D eigenvalue weighted by molar-refractivity contribution is -0.151. The summed E-state index contributed by atoms with van der Waals surface area (Å²) in [5, 5.41) is 10.5. The zero-order chi connectivity index (χ0) is 53.5. The van der Waals surface area contributed by atoms with Crippen LogP contribution in [0.2, 0.25) is 0 Å². The molecule has 5 N–H and O–H groups in total. The van der Waals surface area contributed by atoms with E-state index in [1.165, 1.54) is 36.4 Å². The third-order valence-corrected chi connectivity index (χ3v) is 13.4. The van der Waals surface area contributed by atoms with E-state index >= 15 is 0 Å². The minimum absolute atomic E-state index is 0.0240. The highest BCUT2D eigenvalue weighted by atomic mass is 19.3. The van der Waals surface area contributed by atoms with E-state index < -0.39 is 112 Å². The molecule has 4 heterocycles. The summed E-state index contributed by atoms with van der Waals surface area (Å²) in [6.45, 7) is 2.87. The fourth-order valence-electron chi connectivity index (χ4n) is 9.65. The first-order valence-corrected chi connectivity index (χ1v) is 23.7. The van der Waals surface area contributed by atoms with Crippen molar-refractivity contribution < 1.29 is 64.1 Å². The van der Waals surface area contributed by atoms with Crippen LogP contribution in [0.25, 0.3) is 21.8 Å². The number of aliphatic carboxylic acids is 1. The van der Waals surface area contributed by atoms with Crippen molar-refractivity contribution in [3.63, 3.8) is 0 Å². The van der Waals surface area contributed by atoms with Gasteiger partial charge in [-0.15, -0.1) is 0 Å². The third-order valence-electron chi connectivity index (χ3n) is 13.4. The quantitative estimate of drug-likeness (QED) is 0.0512. The van der Waals surface area contributed by atoms with E-state index in [0.29, 0.717) is 31.7 Å². The molecular formula is C52H52F8N8O6. The third kappa shape index (κ3) is 11.9. The molecular weight excluding hydrogens is 985 g/mol. The van der Waals surface area contributed by atoms with Crippen molar-refractivity contribution >= 4 is 57.5 Å². The predicted molar refractivity (Wildman–Crippen MR) is 257 cm³/mol. The van der Waals surface area contributed by atoms with Gasteiger partial charge in [-0.2, -0.15) is 0 Å². The average Bonchev–Trinajstić information content (AvgIpc) is 4.01.